The number of hydrogen-bond donors (Lipinski definition) is 2. The molecule has 8 nitrogen and oxygen atoms in total. The quantitative estimate of drug-likeness (QED) is 0.449. The fraction of sp³-hybridized carbons (Fsp3) is 0.174. The Morgan fingerprint density at radius 1 is 0.903 bits per heavy atom. The predicted octanol–water partition coefficient (Wildman–Crippen LogP) is 3.51. The van der Waals surface area contributed by atoms with Crippen LogP contribution >= 0.6 is 0 Å². The number of ether oxygens (including phenoxy) is 3. The van der Waals surface area contributed by atoms with Crippen molar-refractivity contribution < 1.29 is 19.0 Å². The molecule has 2 aromatic carbocycles. The van der Waals surface area contributed by atoms with E-state index in [-0.39, 0.29) is 18.4 Å². The average molecular weight is 420 g/mol. The SMILES string of the molecule is COc1ccccc1NC(=NCc1ccccn1)NC(=O)c1ccc(OC)c(OC)c1. The van der Waals surface area contributed by atoms with Gasteiger partial charge < -0.3 is 19.5 Å². The van der Waals surface area contributed by atoms with Crippen molar-refractivity contribution in [1.29, 1.82) is 0 Å². The summed E-state index contributed by atoms with van der Waals surface area (Å²) in [6.07, 6.45) is 1.69. The van der Waals surface area contributed by atoms with E-state index in [1.165, 1.54) is 14.2 Å². The molecule has 0 radical (unpaired) electrons. The number of amides is 1. The number of rotatable bonds is 7. The van der Waals surface area contributed by atoms with Crippen LogP contribution in [-0.4, -0.2) is 38.2 Å². The highest BCUT2D eigenvalue weighted by Gasteiger charge is 2.14. The summed E-state index contributed by atoms with van der Waals surface area (Å²) >= 11 is 0. The van der Waals surface area contributed by atoms with Crippen LogP contribution in [0.4, 0.5) is 5.69 Å². The lowest BCUT2D eigenvalue weighted by molar-refractivity contribution is 0.0976. The van der Waals surface area contributed by atoms with E-state index in [1.807, 2.05) is 42.5 Å². The Labute approximate surface area is 180 Å². The highest BCUT2D eigenvalue weighted by molar-refractivity contribution is 6.10. The third kappa shape index (κ3) is 5.72. The largest absolute Gasteiger partial charge is 0.495 e. The van der Waals surface area contributed by atoms with Gasteiger partial charge in [-0.15, -0.1) is 0 Å². The summed E-state index contributed by atoms with van der Waals surface area (Å²) in [5.41, 5.74) is 1.82. The molecule has 31 heavy (non-hydrogen) atoms. The van der Waals surface area contributed by atoms with Gasteiger partial charge in [-0.05, 0) is 42.5 Å². The monoisotopic (exact) mass is 420 g/mol. The zero-order valence-electron chi connectivity index (χ0n) is 17.6. The molecular weight excluding hydrogens is 396 g/mol. The second-order valence-corrected chi connectivity index (χ2v) is 6.34. The van der Waals surface area contributed by atoms with Gasteiger partial charge in [-0.2, -0.15) is 0 Å². The van der Waals surface area contributed by atoms with E-state index in [9.17, 15) is 4.79 Å². The van der Waals surface area contributed by atoms with Crippen molar-refractivity contribution in [2.45, 2.75) is 6.54 Å². The van der Waals surface area contributed by atoms with E-state index in [4.69, 9.17) is 14.2 Å². The third-order valence-electron chi connectivity index (χ3n) is 4.36. The fourth-order valence-corrected chi connectivity index (χ4v) is 2.79. The molecule has 3 aromatic rings. The van der Waals surface area contributed by atoms with Gasteiger partial charge in [-0.3, -0.25) is 15.1 Å². The molecule has 1 amide bonds. The highest BCUT2D eigenvalue weighted by Crippen LogP contribution is 2.27. The van der Waals surface area contributed by atoms with Crippen molar-refractivity contribution in [2.24, 2.45) is 4.99 Å². The first-order chi connectivity index (χ1) is 15.1. The second kappa shape index (κ2) is 10.6. The van der Waals surface area contributed by atoms with Crippen molar-refractivity contribution in [1.82, 2.24) is 10.3 Å². The zero-order chi connectivity index (χ0) is 22.1. The van der Waals surface area contributed by atoms with Gasteiger partial charge in [0.1, 0.15) is 5.75 Å². The van der Waals surface area contributed by atoms with Gasteiger partial charge in [0, 0.05) is 11.8 Å². The zero-order valence-corrected chi connectivity index (χ0v) is 17.6. The molecule has 0 fully saturated rings. The average Bonchev–Trinajstić information content (AvgIpc) is 2.83. The Bertz CT molecular complexity index is 1050. The van der Waals surface area contributed by atoms with E-state index in [1.54, 1.807) is 31.5 Å². The molecule has 8 heteroatoms. The van der Waals surface area contributed by atoms with Crippen LogP contribution in [0.15, 0.2) is 71.9 Å². The van der Waals surface area contributed by atoms with Gasteiger partial charge in [0.25, 0.3) is 5.91 Å². The summed E-state index contributed by atoms with van der Waals surface area (Å²) in [6.45, 7) is 0.282. The van der Waals surface area contributed by atoms with E-state index in [0.717, 1.165) is 5.69 Å². The molecule has 0 saturated carbocycles. The fourth-order valence-electron chi connectivity index (χ4n) is 2.79. The number of carbonyl (C=O) groups is 1. The van der Waals surface area contributed by atoms with Crippen LogP contribution in [0.25, 0.3) is 0 Å². The summed E-state index contributed by atoms with van der Waals surface area (Å²) in [4.78, 5) is 21.7. The van der Waals surface area contributed by atoms with Gasteiger partial charge in [0.05, 0.1) is 39.3 Å². The first-order valence-electron chi connectivity index (χ1n) is 9.52. The number of methoxy groups -OCH3 is 3. The Hall–Kier alpha value is -4.07. The standard InChI is InChI=1S/C23H24N4O4/c1-29-19-10-5-4-9-18(19)26-23(25-15-17-8-6-7-13-24-17)27-22(28)16-11-12-20(30-2)21(14-16)31-3/h4-14H,15H2,1-3H3,(H2,25,26,27,28). The molecule has 1 heterocycles. The number of para-hydroxylation sites is 2. The molecule has 0 aliphatic rings. The minimum Gasteiger partial charge on any atom is -0.495 e. The molecule has 0 aliphatic heterocycles. The van der Waals surface area contributed by atoms with Crippen molar-refractivity contribution in [3.63, 3.8) is 0 Å². The summed E-state index contributed by atoms with van der Waals surface area (Å²) in [7, 11) is 4.63. The second-order valence-electron chi connectivity index (χ2n) is 6.34. The Morgan fingerprint density at radius 2 is 1.65 bits per heavy atom. The molecule has 0 saturated heterocycles. The maximum absolute atomic E-state index is 12.9. The lowest BCUT2D eigenvalue weighted by atomic mass is 10.2. The molecule has 2 N–H and O–H groups in total. The van der Waals surface area contributed by atoms with Crippen LogP contribution in [0.1, 0.15) is 16.1 Å². The molecule has 0 spiro atoms. The van der Waals surface area contributed by atoms with Gasteiger partial charge in [0.15, 0.2) is 11.5 Å². The first kappa shape index (κ1) is 21.6. The number of nitrogens with zero attached hydrogens (tertiary/aromatic N) is 2. The van der Waals surface area contributed by atoms with Crippen LogP contribution in [0.2, 0.25) is 0 Å². The number of aromatic nitrogens is 1. The van der Waals surface area contributed by atoms with Crippen LogP contribution in [0.5, 0.6) is 17.2 Å². The Kier molecular flexibility index (Phi) is 7.42. The van der Waals surface area contributed by atoms with Crippen molar-refractivity contribution in [3.8, 4) is 17.2 Å². The summed E-state index contributed by atoms with van der Waals surface area (Å²) in [5, 5.41) is 5.94. The van der Waals surface area contributed by atoms with Gasteiger partial charge in [-0.1, -0.05) is 18.2 Å². The summed E-state index contributed by atoms with van der Waals surface area (Å²) < 4.78 is 15.9. The number of aliphatic imine (C=N–C) groups is 1. The van der Waals surface area contributed by atoms with Crippen LogP contribution < -0.4 is 24.8 Å². The molecule has 1 aromatic heterocycles. The molecule has 0 atom stereocenters. The summed E-state index contributed by atoms with van der Waals surface area (Å²) in [5.74, 6) is 1.52. The van der Waals surface area contributed by atoms with Crippen LogP contribution in [-0.2, 0) is 6.54 Å². The van der Waals surface area contributed by atoms with Gasteiger partial charge in [-0.25, -0.2) is 4.99 Å². The minimum atomic E-state index is -0.358. The smallest absolute Gasteiger partial charge is 0.258 e. The molecule has 3 rings (SSSR count). The predicted molar refractivity (Wildman–Crippen MR) is 119 cm³/mol. The number of hydrogen-bond acceptors (Lipinski definition) is 6. The number of anilines is 1. The number of benzene rings is 2. The Balaban J connectivity index is 1.86. The maximum atomic E-state index is 12.9. The number of nitrogens with one attached hydrogen (secondary N) is 2. The highest BCUT2D eigenvalue weighted by atomic mass is 16.5. The number of guanidine groups is 1. The first-order valence-corrected chi connectivity index (χ1v) is 9.52. The maximum Gasteiger partial charge on any atom is 0.258 e. The number of carbonyl (C=O) groups excluding carboxylic acids is 1. The Morgan fingerprint density at radius 3 is 2.35 bits per heavy atom. The molecule has 0 aliphatic carbocycles. The van der Waals surface area contributed by atoms with E-state index < -0.39 is 0 Å². The van der Waals surface area contributed by atoms with Gasteiger partial charge in [0.2, 0.25) is 5.96 Å². The van der Waals surface area contributed by atoms with E-state index in [2.05, 4.69) is 20.6 Å². The number of pyridine rings is 1. The van der Waals surface area contributed by atoms with Crippen molar-refractivity contribution in [2.75, 3.05) is 26.6 Å². The lowest BCUT2D eigenvalue weighted by Gasteiger charge is -2.15. The molecule has 160 valence electrons. The minimum absolute atomic E-state index is 0.259. The van der Waals surface area contributed by atoms with E-state index in [0.29, 0.717) is 28.5 Å². The van der Waals surface area contributed by atoms with Gasteiger partial charge >= 0.3 is 0 Å². The lowest BCUT2D eigenvalue weighted by Crippen LogP contribution is -2.36. The van der Waals surface area contributed by atoms with Crippen LogP contribution in [0.3, 0.4) is 0 Å². The topological polar surface area (TPSA) is 94.1 Å². The van der Waals surface area contributed by atoms with Crippen molar-refractivity contribution in [3.05, 3.63) is 78.1 Å². The normalized spacial score (nSPS) is 10.9. The van der Waals surface area contributed by atoms with Crippen LogP contribution in [0, 0.1) is 0 Å². The summed E-state index contributed by atoms with van der Waals surface area (Å²) in [6, 6.07) is 17.9. The van der Waals surface area contributed by atoms with E-state index >= 15 is 0 Å². The van der Waals surface area contributed by atoms with Crippen molar-refractivity contribution >= 4 is 17.6 Å². The molecule has 0 bridgehead atoms. The molecular formula is C23H24N4O4. The third-order valence-corrected chi connectivity index (χ3v) is 4.36. The molecule has 0 unspecified atom stereocenters.